The maximum atomic E-state index is 5.73. The summed E-state index contributed by atoms with van der Waals surface area (Å²) < 4.78 is 7.61. The quantitative estimate of drug-likeness (QED) is 0.808. The summed E-state index contributed by atoms with van der Waals surface area (Å²) in [6, 6.07) is 0.489. The van der Waals surface area contributed by atoms with Gasteiger partial charge in [0, 0.05) is 25.8 Å². The van der Waals surface area contributed by atoms with Crippen LogP contribution in [0.2, 0.25) is 0 Å². The second-order valence-corrected chi connectivity index (χ2v) is 4.39. The molecule has 1 aromatic heterocycles. The molecular formula is C11H19N3O. The molecule has 0 aromatic carbocycles. The molecule has 0 bridgehead atoms. The highest BCUT2D eigenvalue weighted by Gasteiger charge is 2.23. The van der Waals surface area contributed by atoms with Gasteiger partial charge in [-0.3, -0.25) is 4.68 Å². The summed E-state index contributed by atoms with van der Waals surface area (Å²) in [4.78, 5) is 0. The van der Waals surface area contributed by atoms with E-state index in [0.29, 0.717) is 6.04 Å². The minimum absolute atomic E-state index is 0.123. The van der Waals surface area contributed by atoms with Crippen molar-refractivity contribution in [2.45, 2.75) is 32.4 Å². The average molecular weight is 209 g/mol. The molecule has 0 saturated carbocycles. The summed E-state index contributed by atoms with van der Waals surface area (Å²) in [5.74, 6) is 0. The van der Waals surface area contributed by atoms with Crippen LogP contribution in [0.4, 0.5) is 0 Å². The largest absolute Gasteiger partial charge is 0.370 e. The second-order valence-electron chi connectivity index (χ2n) is 4.39. The minimum Gasteiger partial charge on any atom is -0.370 e. The lowest BCUT2D eigenvalue weighted by Crippen LogP contribution is -2.31. The summed E-state index contributed by atoms with van der Waals surface area (Å²) in [7, 11) is 1.96. The van der Waals surface area contributed by atoms with Gasteiger partial charge in [-0.2, -0.15) is 5.10 Å². The number of ether oxygens (including phenoxy) is 1. The summed E-state index contributed by atoms with van der Waals surface area (Å²) >= 11 is 0. The average Bonchev–Trinajstić information content (AvgIpc) is 2.55. The van der Waals surface area contributed by atoms with Gasteiger partial charge in [-0.25, -0.2) is 0 Å². The molecule has 2 rings (SSSR count). The van der Waals surface area contributed by atoms with Crippen LogP contribution in [0, 0.1) is 0 Å². The zero-order valence-corrected chi connectivity index (χ0v) is 9.66. The Bertz CT molecular complexity index is 333. The Morgan fingerprint density at radius 2 is 2.47 bits per heavy atom. The van der Waals surface area contributed by atoms with Crippen molar-refractivity contribution < 1.29 is 4.74 Å². The Morgan fingerprint density at radius 1 is 1.67 bits per heavy atom. The van der Waals surface area contributed by atoms with Gasteiger partial charge in [-0.05, 0) is 12.0 Å². The normalized spacial score (nSPS) is 20.7. The molecule has 4 heteroatoms. The van der Waals surface area contributed by atoms with Crippen LogP contribution in [0.15, 0.2) is 6.20 Å². The van der Waals surface area contributed by atoms with Crippen LogP contribution in [0.3, 0.4) is 0 Å². The first-order valence-corrected chi connectivity index (χ1v) is 5.54. The monoisotopic (exact) mass is 209 g/mol. The van der Waals surface area contributed by atoms with Crippen molar-refractivity contribution >= 4 is 0 Å². The molecular weight excluding hydrogens is 190 g/mol. The molecule has 1 N–H and O–H groups in total. The summed E-state index contributed by atoms with van der Waals surface area (Å²) in [6.45, 7) is 5.94. The van der Waals surface area contributed by atoms with Crippen molar-refractivity contribution in [3.8, 4) is 0 Å². The number of aryl methyl sites for hydroxylation is 1. The van der Waals surface area contributed by atoms with Gasteiger partial charge in [0.05, 0.1) is 12.3 Å². The predicted octanol–water partition coefficient (Wildman–Crippen LogP) is 1.03. The summed E-state index contributed by atoms with van der Waals surface area (Å²) in [5, 5.41) is 7.85. The Kier molecular flexibility index (Phi) is 3.07. The van der Waals surface area contributed by atoms with Crippen molar-refractivity contribution in [1.29, 1.82) is 0 Å². The van der Waals surface area contributed by atoms with Crippen molar-refractivity contribution in [1.82, 2.24) is 15.1 Å². The molecule has 84 valence electrons. The van der Waals surface area contributed by atoms with Crippen molar-refractivity contribution in [2.75, 3.05) is 13.2 Å². The number of hydrogen-bond donors (Lipinski definition) is 1. The number of hydrogen-bond acceptors (Lipinski definition) is 3. The van der Waals surface area contributed by atoms with Crippen LogP contribution >= 0.6 is 0 Å². The lowest BCUT2D eigenvalue weighted by Gasteiger charge is -2.23. The predicted molar refractivity (Wildman–Crippen MR) is 58.7 cm³/mol. The van der Waals surface area contributed by atoms with Crippen LogP contribution in [0.5, 0.6) is 0 Å². The molecule has 1 aliphatic heterocycles. The first kappa shape index (κ1) is 10.6. The molecule has 0 spiro atoms. The van der Waals surface area contributed by atoms with Gasteiger partial charge >= 0.3 is 0 Å². The van der Waals surface area contributed by atoms with Crippen molar-refractivity contribution in [2.24, 2.45) is 7.05 Å². The van der Waals surface area contributed by atoms with Crippen LogP contribution in [0.25, 0.3) is 0 Å². The van der Waals surface area contributed by atoms with Crippen molar-refractivity contribution in [3.05, 3.63) is 17.5 Å². The topological polar surface area (TPSA) is 39.1 Å². The van der Waals surface area contributed by atoms with E-state index < -0.39 is 0 Å². The van der Waals surface area contributed by atoms with Gasteiger partial charge in [0.15, 0.2) is 0 Å². The van der Waals surface area contributed by atoms with Crippen LogP contribution in [-0.2, 0) is 18.2 Å². The molecule has 15 heavy (non-hydrogen) atoms. The molecule has 0 aliphatic carbocycles. The standard InChI is InChI=1S/C11H19N3O/c1-8(2)12-6-10-11-9(4-5-15-10)7-14(3)13-11/h7-8,10,12H,4-6H2,1-3H3. The van der Waals surface area contributed by atoms with E-state index in [1.165, 1.54) is 5.56 Å². The van der Waals surface area contributed by atoms with E-state index in [9.17, 15) is 0 Å². The third-order valence-corrected chi connectivity index (χ3v) is 2.64. The molecule has 0 fully saturated rings. The maximum Gasteiger partial charge on any atom is 0.114 e. The van der Waals surface area contributed by atoms with E-state index in [1.54, 1.807) is 0 Å². The summed E-state index contributed by atoms with van der Waals surface area (Å²) in [6.07, 6.45) is 3.21. The summed E-state index contributed by atoms with van der Waals surface area (Å²) in [5.41, 5.74) is 2.44. The third-order valence-electron chi connectivity index (χ3n) is 2.64. The smallest absolute Gasteiger partial charge is 0.114 e. The lowest BCUT2D eigenvalue weighted by atomic mass is 10.1. The lowest BCUT2D eigenvalue weighted by molar-refractivity contribution is 0.0383. The van der Waals surface area contributed by atoms with E-state index in [4.69, 9.17) is 4.74 Å². The number of nitrogens with one attached hydrogen (secondary N) is 1. The van der Waals surface area contributed by atoms with Gasteiger partial charge in [0.1, 0.15) is 6.10 Å². The molecule has 1 aliphatic rings. The van der Waals surface area contributed by atoms with E-state index in [-0.39, 0.29) is 6.10 Å². The fraction of sp³-hybridized carbons (Fsp3) is 0.727. The number of nitrogens with zero attached hydrogens (tertiary/aromatic N) is 2. The zero-order chi connectivity index (χ0) is 10.8. The zero-order valence-electron chi connectivity index (χ0n) is 9.66. The molecule has 1 unspecified atom stereocenters. The number of aromatic nitrogens is 2. The molecule has 4 nitrogen and oxygen atoms in total. The van der Waals surface area contributed by atoms with E-state index in [0.717, 1.165) is 25.3 Å². The highest BCUT2D eigenvalue weighted by atomic mass is 16.5. The highest BCUT2D eigenvalue weighted by Crippen LogP contribution is 2.24. The van der Waals surface area contributed by atoms with Gasteiger partial charge in [-0.1, -0.05) is 13.8 Å². The first-order chi connectivity index (χ1) is 7.16. The maximum absolute atomic E-state index is 5.73. The van der Waals surface area contributed by atoms with Crippen molar-refractivity contribution in [3.63, 3.8) is 0 Å². The fourth-order valence-corrected chi connectivity index (χ4v) is 1.91. The van der Waals surface area contributed by atoms with E-state index in [1.807, 2.05) is 11.7 Å². The first-order valence-electron chi connectivity index (χ1n) is 5.54. The molecule has 1 aromatic rings. The Hall–Kier alpha value is -0.870. The van der Waals surface area contributed by atoms with Crippen LogP contribution in [0.1, 0.15) is 31.2 Å². The molecule has 2 heterocycles. The SMILES string of the molecule is CC(C)NCC1OCCc2cn(C)nc21. The van der Waals surface area contributed by atoms with Gasteiger partial charge in [-0.15, -0.1) is 0 Å². The Balaban J connectivity index is 2.08. The van der Waals surface area contributed by atoms with Gasteiger partial charge in [0.2, 0.25) is 0 Å². The number of fused-ring (bicyclic) bond motifs is 1. The third kappa shape index (κ3) is 2.38. The molecule has 1 atom stereocenters. The van der Waals surface area contributed by atoms with E-state index >= 15 is 0 Å². The second kappa shape index (κ2) is 4.33. The Labute approximate surface area is 90.6 Å². The number of rotatable bonds is 3. The Morgan fingerprint density at radius 3 is 3.20 bits per heavy atom. The molecule has 0 amide bonds. The minimum atomic E-state index is 0.123. The van der Waals surface area contributed by atoms with Crippen LogP contribution < -0.4 is 5.32 Å². The highest BCUT2D eigenvalue weighted by molar-refractivity contribution is 5.22. The van der Waals surface area contributed by atoms with Crippen LogP contribution in [-0.4, -0.2) is 29.0 Å². The fourth-order valence-electron chi connectivity index (χ4n) is 1.91. The molecule has 0 radical (unpaired) electrons. The van der Waals surface area contributed by atoms with Gasteiger partial charge < -0.3 is 10.1 Å². The molecule has 0 saturated heterocycles. The van der Waals surface area contributed by atoms with E-state index in [2.05, 4.69) is 30.5 Å². The van der Waals surface area contributed by atoms with Gasteiger partial charge in [0.25, 0.3) is 0 Å².